The largest absolute Gasteiger partial charge is 0.383 e. The van der Waals surface area contributed by atoms with E-state index in [1.165, 1.54) is 0 Å². The van der Waals surface area contributed by atoms with E-state index in [-0.39, 0.29) is 6.10 Å². The van der Waals surface area contributed by atoms with E-state index in [1.54, 1.807) is 0 Å². The van der Waals surface area contributed by atoms with E-state index in [9.17, 15) is 0 Å². The Labute approximate surface area is 103 Å². The number of aryl methyl sites for hydroxylation is 1. The van der Waals surface area contributed by atoms with Crippen LogP contribution in [0.2, 0.25) is 0 Å². The molecule has 0 fully saturated rings. The van der Waals surface area contributed by atoms with Crippen molar-refractivity contribution in [1.82, 2.24) is 9.97 Å². The van der Waals surface area contributed by atoms with Gasteiger partial charge in [-0.2, -0.15) is 0 Å². The number of anilines is 2. The Hall–Kier alpha value is -1.36. The van der Waals surface area contributed by atoms with Crippen LogP contribution in [-0.2, 0) is 11.2 Å². The fourth-order valence-corrected chi connectivity index (χ4v) is 1.38. The Kier molecular flexibility index (Phi) is 5.15. The molecule has 0 aliphatic carbocycles. The number of ether oxygens (including phenoxy) is 1. The van der Waals surface area contributed by atoms with Crippen LogP contribution in [0.4, 0.5) is 11.6 Å². The number of aromatic nitrogens is 2. The second-order valence-electron chi connectivity index (χ2n) is 4.20. The van der Waals surface area contributed by atoms with Crippen molar-refractivity contribution in [3.63, 3.8) is 0 Å². The fraction of sp³-hybridized carbons (Fsp3) is 0.667. The minimum absolute atomic E-state index is 0.250. The minimum atomic E-state index is 0.250. The van der Waals surface area contributed by atoms with Crippen LogP contribution in [0.15, 0.2) is 0 Å². The second kappa shape index (κ2) is 6.39. The van der Waals surface area contributed by atoms with Gasteiger partial charge in [0.25, 0.3) is 0 Å². The topological polar surface area (TPSA) is 73.1 Å². The van der Waals surface area contributed by atoms with Crippen molar-refractivity contribution < 1.29 is 4.74 Å². The minimum Gasteiger partial charge on any atom is -0.383 e. The van der Waals surface area contributed by atoms with Crippen LogP contribution < -0.4 is 11.1 Å². The first-order valence-electron chi connectivity index (χ1n) is 6.03. The molecule has 17 heavy (non-hydrogen) atoms. The lowest BCUT2D eigenvalue weighted by Crippen LogP contribution is -2.16. The summed E-state index contributed by atoms with van der Waals surface area (Å²) in [6.45, 7) is 9.34. The molecule has 0 saturated heterocycles. The molecule has 5 heteroatoms. The second-order valence-corrected chi connectivity index (χ2v) is 4.20. The SMILES string of the molecule is CCc1nc(N)c(C)c(NCCOC(C)C)n1. The quantitative estimate of drug-likeness (QED) is 0.739. The van der Waals surface area contributed by atoms with Gasteiger partial charge in [-0.25, -0.2) is 9.97 Å². The summed E-state index contributed by atoms with van der Waals surface area (Å²) >= 11 is 0. The molecule has 0 unspecified atom stereocenters. The van der Waals surface area contributed by atoms with Crippen LogP contribution in [0, 0.1) is 6.92 Å². The van der Waals surface area contributed by atoms with E-state index in [4.69, 9.17) is 10.5 Å². The van der Waals surface area contributed by atoms with E-state index >= 15 is 0 Å². The Morgan fingerprint density at radius 1 is 1.35 bits per heavy atom. The predicted molar refractivity (Wildman–Crippen MR) is 70.1 cm³/mol. The summed E-state index contributed by atoms with van der Waals surface area (Å²) in [5.74, 6) is 2.12. The summed E-state index contributed by atoms with van der Waals surface area (Å²) in [5, 5.41) is 3.23. The summed E-state index contributed by atoms with van der Waals surface area (Å²) < 4.78 is 5.45. The van der Waals surface area contributed by atoms with E-state index in [0.29, 0.717) is 12.4 Å². The van der Waals surface area contributed by atoms with E-state index in [1.807, 2.05) is 27.7 Å². The monoisotopic (exact) mass is 238 g/mol. The number of nitrogen functional groups attached to an aromatic ring is 1. The highest BCUT2D eigenvalue weighted by molar-refractivity contribution is 5.54. The maximum Gasteiger partial charge on any atom is 0.134 e. The number of nitrogens with zero attached hydrogens (tertiary/aromatic N) is 2. The molecule has 0 saturated carbocycles. The maximum atomic E-state index is 5.83. The first-order chi connectivity index (χ1) is 8.04. The zero-order valence-electron chi connectivity index (χ0n) is 11.1. The lowest BCUT2D eigenvalue weighted by atomic mass is 10.3. The number of rotatable bonds is 6. The summed E-state index contributed by atoms with van der Waals surface area (Å²) in [7, 11) is 0. The number of hydrogen-bond donors (Lipinski definition) is 2. The van der Waals surface area contributed by atoms with Gasteiger partial charge >= 0.3 is 0 Å². The summed E-state index contributed by atoms with van der Waals surface area (Å²) in [4.78, 5) is 8.61. The van der Waals surface area contributed by atoms with Crippen LogP contribution in [0.1, 0.15) is 32.2 Å². The molecule has 0 spiro atoms. The van der Waals surface area contributed by atoms with Gasteiger partial charge in [0.05, 0.1) is 12.7 Å². The molecule has 0 amide bonds. The zero-order chi connectivity index (χ0) is 12.8. The molecule has 0 radical (unpaired) electrons. The maximum absolute atomic E-state index is 5.83. The van der Waals surface area contributed by atoms with Gasteiger partial charge in [0.15, 0.2) is 0 Å². The molecule has 0 aliphatic rings. The molecule has 0 aliphatic heterocycles. The first-order valence-corrected chi connectivity index (χ1v) is 6.03. The lowest BCUT2D eigenvalue weighted by Gasteiger charge is -2.12. The average molecular weight is 238 g/mol. The molecule has 1 heterocycles. The fourth-order valence-electron chi connectivity index (χ4n) is 1.38. The molecule has 1 rings (SSSR count). The Morgan fingerprint density at radius 3 is 2.65 bits per heavy atom. The van der Waals surface area contributed by atoms with Crippen molar-refractivity contribution in [2.24, 2.45) is 0 Å². The standard InChI is InChI=1S/C12H22N4O/c1-5-10-15-11(13)9(4)12(16-10)14-6-7-17-8(2)3/h8H,5-7H2,1-4H3,(H3,13,14,15,16). The molecule has 0 aromatic carbocycles. The van der Waals surface area contributed by atoms with Crippen molar-refractivity contribution in [1.29, 1.82) is 0 Å². The molecule has 1 aromatic rings. The van der Waals surface area contributed by atoms with Gasteiger partial charge in [-0.1, -0.05) is 6.92 Å². The highest BCUT2D eigenvalue weighted by Gasteiger charge is 2.07. The molecule has 3 N–H and O–H groups in total. The highest BCUT2D eigenvalue weighted by atomic mass is 16.5. The van der Waals surface area contributed by atoms with E-state index < -0.39 is 0 Å². The van der Waals surface area contributed by atoms with Gasteiger partial charge in [0, 0.05) is 18.5 Å². The Morgan fingerprint density at radius 2 is 2.06 bits per heavy atom. The lowest BCUT2D eigenvalue weighted by molar-refractivity contribution is 0.0870. The Balaban J connectivity index is 2.60. The van der Waals surface area contributed by atoms with Crippen molar-refractivity contribution in [2.45, 2.75) is 40.2 Å². The number of nitrogens with two attached hydrogens (primary N) is 1. The Bertz CT molecular complexity index is 366. The predicted octanol–water partition coefficient (Wildman–Crippen LogP) is 1.77. The molecular weight excluding hydrogens is 216 g/mol. The zero-order valence-corrected chi connectivity index (χ0v) is 11.1. The number of nitrogens with one attached hydrogen (secondary N) is 1. The molecule has 1 aromatic heterocycles. The van der Waals surface area contributed by atoms with Crippen LogP contribution in [-0.4, -0.2) is 29.2 Å². The van der Waals surface area contributed by atoms with E-state index in [0.717, 1.165) is 30.2 Å². The summed E-state index contributed by atoms with van der Waals surface area (Å²) in [5.41, 5.74) is 6.72. The summed E-state index contributed by atoms with van der Waals surface area (Å²) in [6.07, 6.45) is 1.03. The third-order valence-corrected chi connectivity index (χ3v) is 2.39. The molecular formula is C12H22N4O. The normalized spacial score (nSPS) is 10.9. The van der Waals surface area contributed by atoms with E-state index in [2.05, 4.69) is 15.3 Å². The van der Waals surface area contributed by atoms with Gasteiger partial charge in [0.1, 0.15) is 17.5 Å². The van der Waals surface area contributed by atoms with Gasteiger partial charge < -0.3 is 15.8 Å². The number of hydrogen-bond acceptors (Lipinski definition) is 5. The highest BCUT2D eigenvalue weighted by Crippen LogP contribution is 2.16. The molecule has 0 atom stereocenters. The first kappa shape index (κ1) is 13.7. The van der Waals surface area contributed by atoms with Crippen LogP contribution >= 0.6 is 0 Å². The molecule has 5 nitrogen and oxygen atoms in total. The van der Waals surface area contributed by atoms with Gasteiger partial charge in [0.2, 0.25) is 0 Å². The average Bonchev–Trinajstić information content (AvgIpc) is 2.29. The third kappa shape index (κ3) is 4.19. The third-order valence-electron chi connectivity index (χ3n) is 2.39. The van der Waals surface area contributed by atoms with Crippen molar-refractivity contribution in [3.8, 4) is 0 Å². The van der Waals surface area contributed by atoms with Crippen molar-refractivity contribution in [3.05, 3.63) is 11.4 Å². The van der Waals surface area contributed by atoms with Gasteiger partial charge in [-0.3, -0.25) is 0 Å². The van der Waals surface area contributed by atoms with Gasteiger partial charge in [-0.15, -0.1) is 0 Å². The van der Waals surface area contributed by atoms with Crippen molar-refractivity contribution in [2.75, 3.05) is 24.2 Å². The summed E-state index contributed by atoms with van der Waals surface area (Å²) in [6, 6.07) is 0. The van der Waals surface area contributed by atoms with Crippen LogP contribution in [0.5, 0.6) is 0 Å². The van der Waals surface area contributed by atoms with Crippen LogP contribution in [0.3, 0.4) is 0 Å². The smallest absolute Gasteiger partial charge is 0.134 e. The van der Waals surface area contributed by atoms with Gasteiger partial charge in [-0.05, 0) is 20.8 Å². The molecule has 96 valence electrons. The molecule has 0 bridgehead atoms. The van der Waals surface area contributed by atoms with Crippen molar-refractivity contribution >= 4 is 11.6 Å². The van der Waals surface area contributed by atoms with Crippen LogP contribution in [0.25, 0.3) is 0 Å².